The molecule has 1 aromatic heterocycles. The zero-order valence-corrected chi connectivity index (χ0v) is 13.4. The van der Waals surface area contributed by atoms with Crippen LogP contribution in [0.15, 0.2) is 0 Å². The number of ether oxygens (including phenoxy) is 1. The van der Waals surface area contributed by atoms with Crippen LogP contribution in [0.25, 0.3) is 0 Å². The van der Waals surface area contributed by atoms with Gasteiger partial charge in [0, 0.05) is 13.2 Å². The predicted octanol–water partition coefficient (Wildman–Crippen LogP) is 3.10. The maximum absolute atomic E-state index is 5.84. The molecule has 1 fully saturated rings. The molecule has 1 atom stereocenters. The lowest BCUT2D eigenvalue weighted by Crippen LogP contribution is -2.25. The quantitative estimate of drug-likeness (QED) is 0.838. The number of nitrogens with zero attached hydrogens (tertiary/aromatic N) is 2. The number of anilines is 1. The van der Waals surface area contributed by atoms with Gasteiger partial charge in [-0.25, -0.2) is 9.97 Å². The van der Waals surface area contributed by atoms with E-state index in [0.717, 1.165) is 53.3 Å². The maximum Gasteiger partial charge on any atom is 0.162 e. The topological polar surface area (TPSA) is 47.0 Å². The van der Waals surface area contributed by atoms with Gasteiger partial charge >= 0.3 is 0 Å². The predicted molar refractivity (Wildman–Crippen MR) is 80.8 cm³/mol. The Labute approximate surface area is 122 Å². The molecule has 1 aliphatic rings. The Hall–Kier alpha value is -0.430. The molecule has 4 nitrogen and oxygen atoms in total. The minimum atomic E-state index is -0.307. The standard InChI is InChI=1S/C13H20IN3O/c1-4-9-10(14)11(15-5-2)17-12(16-9)13(3)7-6-8-18-13/h4-8H2,1-3H3,(H,15,16,17). The van der Waals surface area contributed by atoms with E-state index in [0.29, 0.717) is 0 Å². The summed E-state index contributed by atoms with van der Waals surface area (Å²) in [6.45, 7) is 7.98. The smallest absolute Gasteiger partial charge is 0.162 e. The van der Waals surface area contributed by atoms with E-state index in [1.807, 2.05) is 0 Å². The summed E-state index contributed by atoms with van der Waals surface area (Å²) in [7, 11) is 0. The summed E-state index contributed by atoms with van der Waals surface area (Å²) in [6.07, 6.45) is 3.01. The van der Waals surface area contributed by atoms with Gasteiger partial charge in [0.05, 0.1) is 9.26 Å². The fraction of sp³-hybridized carbons (Fsp3) is 0.692. The number of hydrogen-bond acceptors (Lipinski definition) is 4. The van der Waals surface area contributed by atoms with Crippen LogP contribution < -0.4 is 5.32 Å². The first-order valence-corrected chi connectivity index (χ1v) is 7.63. The zero-order valence-electron chi connectivity index (χ0n) is 11.2. The summed E-state index contributed by atoms with van der Waals surface area (Å²) in [5.74, 6) is 1.77. The molecule has 0 amide bonds. The summed E-state index contributed by atoms with van der Waals surface area (Å²) in [4.78, 5) is 9.37. The fourth-order valence-electron chi connectivity index (χ4n) is 2.20. The molecule has 2 rings (SSSR count). The monoisotopic (exact) mass is 361 g/mol. The number of rotatable bonds is 4. The molecular formula is C13H20IN3O. The number of halogens is 1. The second-order valence-electron chi connectivity index (χ2n) is 4.72. The average Bonchev–Trinajstić information content (AvgIpc) is 2.80. The van der Waals surface area contributed by atoms with Gasteiger partial charge in [-0.3, -0.25) is 0 Å². The van der Waals surface area contributed by atoms with E-state index in [9.17, 15) is 0 Å². The van der Waals surface area contributed by atoms with Crippen LogP contribution in [0, 0.1) is 3.57 Å². The first-order valence-electron chi connectivity index (χ1n) is 6.55. The highest BCUT2D eigenvalue weighted by atomic mass is 127. The van der Waals surface area contributed by atoms with Crippen molar-refractivity contribution in [3.63, 3.8) is 0 Å². The van der Waals surface area contributed by atoms with E-state index in [-0.39, 0.29) is 5.60 Å². The van der Waals surface area contributed by atoms with E-state index in [4.69, 9.17) is 9.72 Å². The van der Waals surface area contributed by atoms with Crippen LogP contribution in [-0.2, 0) is 16.8 Å². The van der Waals surface area contributed by atoms with Crippen molar-refractivity contribution in [1.82, 2.24) is 9.97 Å². The Morgan fingerprint density at radius 3 is 2.72 bits per heavy atom. The van der Waals surface area contributed by atoms with Crippen LogP contribution in [0.2, 0.25) is 0 Å². The van der Waals surface area contributed by atoms with E-state index in [2.05, 4.69) is 53.7 Å². The molecular weight excluding hydrogens is 341 g/mol. The van der Waals surface area contributed by atoms with Crippen molar-refractivity contribution in [3.05, 3.63) is 15.1 Å². The number of hydrogen-bond donors (Lipinski definition) is 1. The molecule has 0 spiro atoms. The fourth-order valence-corrected chi connectivity index (χ4v) is 3.02. The van der Waals surface area contributed by atoms with Crippen LogP contribution in [0.4, 0.5) is 5.82 Å². The molecule has 1 aromatic rings. The Balaban J connectivity index is 2.44. The highest BCUT2D eigenvalue weighted by Gasteiger charge is 2.35. The van der Waals surface area contributed by atoms with Crippen molar-refractivity contribution < 1.29 is 4.74 Å². The second-order valence-corrected chi connectivity index (χ2v) is 5.80. The van der Waals surface area contributed by atoms with Gasteiger partial charge in [0.1, 0.15) is 11.4 Å². The summed E-state index contributed by atoms with van der Waals surface area (Å²) in [5, 5.41) is 3.32. The largest absolute Gasteiger partial charge is 0.369 e. The molecule has 18 heavy (non-hydrogen) atoms. The molecule has 0 radical (unpaired) electrons. The molecule has 1 unspecified atom stereocenters. The van der Waals surface area contributed by atoms with E-state index in [1.165, 1.54) is 0 Å². The van der Waals surface area contributed by atoms with E-state index < -0.39 is 0 Å². The molecule has 0 aromatic carbocycles. The van der Waals surface area contributed by atoms with Gasteiger partial charge in [0.2, 0.25) is 0 Å². The molecule has 0 saturated carbocycles. The van der Waals surface area contributed by atoms with E-state index in [1.54, 1.807) is 0 Å². The third-order valence-corrected chi connectivity index (χ3v) is 4.42. The van der Waals surface area contributed by atoms with Crippen molar-refractivity contribution in [2.24, 2.45) is 0 Å². The molecule has 0 bridgehead atoms. The normalized spacial score (nSPS) is 23.3. The molecule has 1 saturated heterocycles. The highest BCUT2D eigenvalue weighted by molar-refractivity contribution is 14.1. The number of aryl methyl sites for hydroxylation is 1. The Kier molecular flexibility index (Phi) is 4.42. The van der Waals surface area contributed by atoms with Gasteiger partial charge < -0.3 is 10.1 Å². The SMILES string of the molecule is CCNc1nc(C2(C)CCCO2)nc(CC)c1I. The van der Waals surface area contributed by atoms with Crippen LogP contribution in [0.1, 0.15) is 45.1 Å². The first-order chi connectivity index (χ1) is 8.60. The van der Waals surface area contributed by atoms with Crippen LogP contribution >= 0.6 is 22.6 Å². The van der Waals surface area contributed by atoms with Gasteiger partial charge in [0.25, 0.3) is 0 Å². The van der Waals surface area contributed by atoms with E-state index >= 15 is 0 Å². The average molecular weight is 361 g/mol. The van der Waals surface area contributed by atoms with Crippen molar-refractivity contribution in [3.8, 4) is 0 Å². The van der Waals surface area contributed by atoms with Gasteiger partial charge in [-0.1, -0.05) is 6.92 Å². The third kappa shape index (κ3) is 2.61. The van der Waals surface area contributed by atoms with Crippen molar-refractivity contribution in [2.45, 2.75) is 45.6 Å². The van der Waals surface area contributed by atoms with Gasteiger partial charge in [0.15, 0.2) is 5.82 Å². The maximum atomic E-state index is 5.84. The van der Waals surface area contributed by atoms with Crippen LogP contribution in [0.3, 0.4) is 0 Å². The zero-order chi connectivity index (χ0) is 13.2. The van der Waals surface area contributed by atoms with Gasteiger partial charge in [-0.2, -0.15) is 0 Å². The highest BCUT2D eigenvalue weighted by Crippen LogP contribution is 2.35. The Bertz CT molecular complexity index is 430. The lowest BCUT2D eigenvalue weighted by Gasteiger charge is -2.23. The van der Waals surface area contributed by atoms with Crippen molar-refractivity contribution in [1.29, 1.82) is 0 Å². The summed E-state index contributed by atoms with van der Waals surface area (Å²) in [5.41, 5.74) is 0.798. The summed E-state index contributed by atoms with van der Waals surface area (Å²) in [6, 6.07) is 0. The molecule has 2 heterocycles. The van der Waals surface area contributed by atoms with Crippen molar-refractivity contribution >= 4 is 28.4 Å². The molecule has 5 heteroatoms. The molecule has 0 aliphatic carbocycles. The van der Waals surface area contributed by atoms with Gasteiger partial charge in [-0.05, 0) is 55.7 Å². The second kappa shape index (κ2) is 5.69. The lowest BCUT2D eigenvalue weighted by atomic mass is 10.0. The van der Waals surface area contributed by atoms with Gasteiger partial charge in [-0.15, -0.1) is 0 Å². The number of nitrogens with one attached hydrogen (secondary N) is 1. The molecule has 1 N–H and O–H groups in total. The number of aromatic nitrogens is 2. The van der Waals surface area contributed by atoms with Crippen molar-refractivity contribution in [2.75, 3.05) is 18.5 Å². The lowest BCUT2D eigenvalue weighted by molar-refractivity contribution is 0.00924. The van der Waals surface area contributed by atoms with Crippen LogP contribution in [0.5, 0.6) is 0 Å². The first kappa shape index (κ1) is 14.0. The van der Waals surface area contributed by atoms with Crippen LogP contribution in [-0.4, -0.2) is 23.1 Å². The molecule has 1 aliphatic heterocycles. The Morgan fingerprint density at radius 1 is 1.39 bits per heavy atom. The minimum Gasteiger partial charge on any atom is -0.369 e. The third-order valence-electron chi connectivity index (χ3n) is 3.29. The Morgan fingerprint density at radius 2 is 2.17 bits per heavy atom. The summed E-state index contributed by atoms with van der Waals surface area (Å²) < 4.78 is 6.97. The summed E-state index contributed by atoms with van der Waals surface area (Å²) >= 11 is 2.32. The molecule has 100 valence electrons. The minimum absolute atomic E-state index is 0.307.